The second-order valence-electron chi connectivity index (χ2n) is 3.63. The first-order valence-electron chi connectivity index (χ1n) is 6.38. The van der Waals surface area contributed by atoms with Gasteiger partial charge < -0.3 is 18.9 Å². The summed E-state index contributed by atoms with van der Waals surface area (Å²) in [4.78, 5) is 11.2. The Morgan fingerprint density at radius 2 is 1.47 bits per heavy atom. The number of rotatable bonds is 13. The zero-order valence-electron chi connectivity index (χ0n) is 11.8. The zero-order chi connectivity index (χ0) is 13.7. The first-order chi connectivity index (χ1) is 8.62. The monoisotopic (exact) mass is 310 g/mol. The molecule has 1 unspecified atom stereocenters. The van der Waals surface area contributed by atoms with Crippen LogP contribution >= 0.6 is 7.82 Å². The van der Waals surface area contributed by atoms with Crippen LogP contribution in [-0.4, -0.2) is 50.6 Å². The molecular formula is C11H24AlO6P+2. The van der Waals surface area contributed by atoms with E-state index >= 15 is 0 Å². The molecule has 19 heavy (non-hydrogen) atoms. The minimum Gasteiger partial charge on any atom is -0.756 e. The molecule has 0 aliphatic carbocycles. The van der Waals surface area contributed by atoms with E-state index in [1.807, 2.05) is 6.92 Å². The number of phosphoric ester groups is 1. The van der Waals surface area contributed by atoms with Gasteiger partial charge >= 0.3 is 17.4 Å². The second kappa shape index (κ2) is 15.0. The van der Waals surface area contributed by atoms with Crippen molar-refractivity contribution in [2.45, 2.75) is 39.5 Å². The van der Waals surface area contributed by atoms with Crippen molar-refractivity contribution in [2.24, 2.45) is 0 Å². The van der Waals surface area contributed by atoms with Gasteiger partial charge in [-0.3, -0.25) is 9.09 Å². The molecule has 6 nitrogen and oxygen atoms in total. The van der Waals surface area contributed by atoms with E-state index in [-0.39, 0.29) is 30.8 Å². The molecule has 0 radical (unpaired) electrons. The topological polar surface area (TPSA) is 77.1 Å². The van der Waals surface area contributed by atoms with Crippen LogP contribution < -0.4 is 4.89 Å². The van der Waals surface area contributed by atoms with Gasteiger partial charge in [-0.1, -0.05) is 12.8 Å². The van der Waals surface area contributed by atoms with Crippen LogP contribution in [-0.2, 0) is 23.1 Å². The van der Waals surface area contributed by atoms with Crippen molar-refractivity contribution in [2.75, 3.05) is 33.2 Å². The number of hydrogen-bond acceptors (Lipinski definition) is 6. The maximum Gasteiger partial charge on any atom is 3.00 e. The molecule has 0 aromatic rings. The molecule has 8 heteroatoms. The van der Waals surface area contributed by atoms with Crippen molar-refractivity contribution < 1.29 is 28.0 Å². The predicted octanol–water partition coefficient (Wildman–Crippen LogP) is 1.70. The van der Waals surface area contributed by atoms with E-state index in [9.17, 15) is 9.46 Å². The van der Waals surface area contributed by atoms with E-state index in [1.165, 1.54) is 0 Å². The summed E-state index contributed by atoms with van der Waals surface area (Å²) in [6.07, 6.45) is 3.60. The van der Waals surface area contributed by atoms with E-state index in [0.29, 0.717) is 13.0 Å². The van der Waals surface area contributed by atoms with Crippen LogP contribution in [0.3, 0.4) is 0 Å². The van der Waals surface area contributed by atoms with Gasteiger partial charge in [0, 0.05) is 19.8 Å². The van der Waals surface area contributed by atoms with Gasteiger partial charge in [0.2, 0.25) is 0 Å². The largest absolute Gasteiger partial charge is 3.00 e. The third-order valence-corrected chi connectivity index (χ3v) is 3.06. The predicted molar refractivity (Wildman–Crippen MR) is 71.9 cm³/mol. The minimum atomic E-state index is -4.19. The average molecular weight is 310 g/mol. The molecule has 110 valence electrons. The summed E-state index contributed by atoms with van der Waals surface area (Å²) in [6.45, 7) is 5.48. The Hall–Kier alpha value is 0.562. The van der Waals surface area contributed by atoms with Gasteiger partial charge in [0.15, 0.2) is 6.79 Å². The Bertz CT molecular complexity index is 229. The van der Waals surface area contributed by atoms with E-state index in [2.05, 4.69) is 9.05 Å². The molecule has 0 rings (SSSR count). The summed E-state index contributed by atoms with van der Waals surface area (Å²) >= 11 is 0. The van der Waals surface area contributed by atoms with E-state index < -0.39 is 7.82 Å². The minimum absolute atomic E-state index is 0. The molecule has 0 aliphatic heterocycles. The molecule has 0 N–H and O–H groups in total. The van der Waals surface area contributed by atoms with Gasteiger partial charge in [-0.05, 0) is 26.7 Å². The fourth-order valence-corrected chi connectivity index (χ4v) is 1.83. The molecule has 0 aromatic heterocycles. The van der Waals surface area contributed by atoms with Crippen molar-refractivity contribution in [3.8, 4) is 0 Å². The molecule has 0 aromatic carbocycles. The molecular weight excluding hydrogens is 286 g/mol. The van der Waals surface area contributed by atoms with Crippen molar-refractivity contribution >= 4 is 25.2 Å². The molecule has 0 bridgehead atoms. The van der Waals surface area contributed by atoms with Crippen LogP contribution in [0.2, 0.25) is 0 Å². The molecule has 0 spiro atoms. The Morgan fingerprint density at radius 1 is 0.895 bits per heavy atom. The fraction of sp³-hybridized carbons (Fsp3) is 1.00. The third kappa shape index (κ3) is 16.5. The molecule has 0 fully saturated rings. The summed E-state index contributed by atoms with van der Waals surface area (Å²) in [7, 11) is -4.19. The molecule has 1 atom stereocenters. The van der Waals surface area contributed by atoms with Crippen LogP contribution in [0.15, 0.2) is 0 Å². The van der Waals surface area contributed by atoms with Crippen LogP contribution in [0, 0.1) is 0 Å². The van der Waals surface area contributed by atoms with E-state index in [4.69, 9.17) is 9.47 Å². The number of phosphoric acid groups is 1. The van der Waals surface area contributed by atoms with Crippen LogP contribution in [0.4, 0.5) is 0 Å². The van der Waals surface area contributed by atoms with Gasteiger partial charge in [0.1, 0.15) is 0 Å². The van der Waals surface area contributed by atoms with E-state index in [1.54, 1.807) is 6.92 Å². The molecule has 0 saturated carbocycles. The Morgan fingerprint density at radius 3 is 2.05 bits per heavy atom. The quantitative estimate of drug-likeness (QED) is 0.223. The second-order valence-corrected chi connectivity index (χ2v) is 5.04. The molecule has 0 heterocycles. The summed E-state index contributed by atoms with van der Waals surface area (Å²) in [5, 5.41) is 0. The van der Waals surface area contributed by atoms with Crippen LogP contribution in [0.1, 0.15) is 39.5 Å². The summed E-state index contributed by atoms with van der Waals surface area (Å²) in [5.74, 6) is 0. The summed E-state index contributed by atoms with van der Waals surface area (Å²) < 4.78 is 30.3. The average Bonchev–Trinajstić information content (AvgIpc) is 2.33. The molecule has 0 aliphatic rings. The van der Waals surface area contributed by atoms with Gasteiger partial charge in [-0.2, -0.15) is 0 Å². The van der Waals surface area contributed by atoms with Gasteiger partial charge in [-0.25, -0.2) is 0 Å². The molecule has 0 saturated heterocycles. The zero-order valence-corrected chi connectivity index (χ0v) is 13.9. The smallest absolute Gasteiger partial charge is 0.756 e. The van der Waals surface area contributed by atoms with Gasteiger partial charge in [-0.15, -0.1) is 0 Å². The Kier molecular flexibility index (Phi) is 17.2. The number of ether oxygens (including phenoxy) is 2. The Labute approximate surface area is 126 Å². The SMILES string of the molecule is CCOCCCCCCOP(=O)([O-])OCOCC.[Al+3]. The number of hydrogen-bond donors (Lipinski definition) is 0. The maximum absolute atomic E-state index is 11.2. The van der Waals surface area contributed by atoms with Crippen molar-refractivity contribution in [3.63, 3.8) is 0 Å². The van der Waals surface area contributed by atoms with Crippen molar-refractivity contribution in [1.82, 2.24) is 0 Å². The fourth-order valence-electron chi connectivity index (χ4n) is 1.20. The van der Waals surface area contributed by atoms with Gasteiger partial charge in [0.25, 0.3) is 7.82 Å². The molecule has 0 amide bonds. The third-order valence-electron chi connectivity index (χ3n) is 2.13. The van der Waals surface area contributed by atoms with Crippen LogP contribution in [0.25, 0.3) is 0 Å². The van der Waals surface area contributed by atoms with Gasteiger partial charge in [0.05, 0.1) is 6.61 Å². The maximum atomic E-state index is 11.2. The van der Waals surface area contributed by atoms with E-state index in [0.717, 1.165) is 32.5 Å². The standard InChI is InChI=1S/C11H25O6P.Al/c1-3-14-9-7-5-6-8-10-16-18(12,13)17-11-15-4-2;/h3-11H2,1-2H3,(H,12,13);/q;+3/p-1. The first kappa shape index (κ1) is 21.9. The Balaban J connectivity index is 0. The summed E-state index contributed by atoms with van der Waals surface area (Å²) in [5.41, 5.74) is 0. The number of unbranched alkanes of at least 4 members (excludes halogenated alkanes) is 3. The normalized spacial score (nSPS) is 13.8. The first-order valence-corrected chi connectivity index (χ1v) is 7.84. The van der Waals surface area contributed by atoms with Crippen molar-refractivity contribution in [1.29, 1.82) is 0 Å². The van der Waals surface area contributed by atoms with Crippen LogP contribution in [0.5, 0.6) is 0 Å². The summed E-state index contributed by atoms with van der Waals surface area (Å²) in [6, 6.07) is 0. The van der Waals surface area contributed by atoms with Crippen molar-refractivity contribution in [3.05, 3.63) is 0 Å².